The molecule has 0 saturated carbocycles. The van der Waals surface area contributed by atoms with Crippen LogP contribution in [0.2, 0.25) is 0 Å². The third-order valence-electron chi connectivity index (χ3n) is 6.20. The summed E-state index contributed by atoms with van der Waals surface area (Å²) in [6.45, 7) is 6.73. The molecule has 180 valence electrons. The number of hydrogen-bond donors (Lipinski definition) is 1. The van der Waals surface area contributed by atoms with E-state index in [1.54, 1.807) is 17.0 Å². The maximum Gasteiger partial charge on any atom is 0.250 e. The molecule has 4 rings (SSSR count). The SMILES string of the molecule is Cc1cccc(N2CCN(C(=O)[C@H](Cc3ccccc3)NS(=O)(=O)c3ccc(Br)s3)CC2)c1C. The van der Waals surface area contributed by atoms with E-state index in [1.807, 2.05) is 30.3 Å². The quantitative estimate of drug-likeness (QED) is 0.465. The first-order chi connectivity index (χ1) is 16.2. The summed E-state index contributed by atoms with van der Waals surface area (Å²) in [5.41, 5.74) is 4.59. The Morgan fingerprint density at radius 3 is 2.35 bits per heavy atom. The Bertz CT molecular complexity index is 1250. The minimum Gasteiger partial charge on any atom is -0.368 e. The van der Waals surface area contributed by atoms with Crippen LogP contribution in [-0.2, 0) is 21.2 Å². The third-order valence-corrected chi connectivity index (χ3v) is 9.79. The van der Waals surface area contributed by atoms with E-state index in [4.69, 9.17) is 0 Å². The molecule has 9 heteroatoms. The molecule has 2 heterocycles. The molecule has 0 bridgehead atoms. The topological polar surface area (TPSA) is 69.7 Å². The first-order valence-corrected chi connectivity index (χ1v) is 14.3. The van der Waals surface area contributed by atoms with Crippen molar-refractivity contribution in [3.63, 3.8) is 0 Å². The maximum atomic E-state index is 13.6. The monoisotopic (exact) mass is 561 g/mol. The minimum absolute atomic E-state index is 0.185. The van der Waals surface area contributed by atoms with Crippen LogP contribution >= 0.6 is 27.3 Å². The van der Waals surface area contributed by atoms with E-state index in [9.17, 15) is 13.2 Å². The molecule has 0 unspecified atom stereocenters. The van der Waals surface area contributed by atoms with Gasteiger partial charge >= 0.3 is 0 Å². The van der Waals surface area contributed by atoms with Gasteiger partial charge in [-0.05, 0) is 71.1 Å². The van der Waals surface area contributed by atoms with Crippen molar-refractivity contribution in [2.45, 2.75) is 30.5 Å². The van der Waals surface area contributed by atoms with Crippen molar-refractivity contribution in [2.75, 3.05) is 31.1 Å². The van der Waals surface area contributed by atoms with Crippen molar-refractivity contribution in [1.29, 1.82) is 0 Å². The zero-order valence-electron chi connectivity index (χ0n) is 19.2. The Balaban J connectivity index is 1.51. The Labute approximate surface area is 213 Å². The van der Waals surface area contributed by atoms with Crippen LogP contribution in [0.3, 0.4) is 0 Å². The zero-order valence-corrected chi connectivity index (χ0v) is 22.4. The van der Waals surface area contributed by atoms with E-state index in [2.05, 4.69) is 57.6 Å². The number of carbonyl (C=O) groups is 1. The molecular weight excluding hydrogens is 534 g/mol. The number of benzene rings is 2. The van der Waals surface area contributed by atoms with Crippen molar-refractivity contribution in [2.24, 2.45) is 0 Å². The molecule has 1 amide bonds. The number of thiophene rings is 1. The molecule has 1 saturated heterocycles. The second kappa shape index (κ2) is 10.6. The van der Waals surface area contributed by atoms with Gasteiger partial charge in [0, 0.05) is 31.9 Å². The highest BCUT2D eigenvalue weighted by Gasteiger charge is 2.32. The van der Waals surface area contributed by atoms with Gasteiger partial charge in [-0.3, -0.25) is 4.79 Å². The summed E-state index contributed by atoms with van der Waals surface area (Å²) in [5, 5.41) is 0. The Morgan fingerprint density at radius 2 is 1.71 bits per heavy atom. The molecule has 1 aliphatic heterocycles. The van der Waals surface area contributed by atoms with E-state index < -0.39 is 16.1 Å². The molecule has 1 fully saturated rings. The maximum absolute atomic E-state index is 13.6. The van der Waals surface area contributed by atoms with Gasteiger partial charge in [-0.1, -0.05) is 42.5 Å². The predicted molar refractivity (Wildman–Crippen MR) is 141 cm³/mol. The Kier molecular flexibility index (Phi) is 7.77. The highest BCUT2D eigenvalue weighted by atomic mass is 79.9. The number of carbonyl (C=O) groups excluding carboxylic acids is 1. The molecular formula is C25H28BrN3O3S2. The van der Waals surface area contributed by atoms with Gasteiger partial charge in [0.05, 0.1) is 3.79 Å². The standard InChI is InChI=1S/C25H28BrN3O3S2/c1-18-7-6-10-22(19(18)2)28-13-15-29(16-14-28)25(30)21(17-20-8-4-3-5-9-20)27-34(31,32)24-12-11-23(26)33-24/h3-12,21,27H,13-17H2,1-2H3/t21-/m0/s1. The Morgan fingerprint density at radius 1 is 1.00 bits per heavy atom. The van der Waals surface area contributed by atoms with Gasteiger partial charge < -0.3 is 9.80 Å². The van der Waals surface area contributed by atoms with Crippen molar-refractivity contribution in [3.05, 3.63) is 81.1 Å². The van der Waals surface area contributed by atoms with Crippen LogP contribution in [0, 0.1) is 13.8 Å². The number of halogens is 1. The number of aryl methyl sites for hydroxylation is 1. The van der Waals surface area contributed by atoms with Crippen molar-refractivity contribution < 1.29 is 13.2 Å². The summed E-state index contributed by atoms with van der Waals surface area (Å²) in [5.74, 6) is -0.191. The fraction of sp³-hybridized carbons (Fsp3) is 0.320. The molecule has 1 aliphatic rings. The number of sulfonamides is 1. The summed E-state index contributed by atoms with van der Waals surface area (Å²) < 4.78 is 29.7. The fourth-order valence-electron chi connectivity index (χ4n) is 4.18. The van der Waals surface area contributed by atoms with Crippen LogP contribution in [0.1, 0.15) is 16.7 Å². The lowest BCUT2D eigenvalue weighted by Crippen LogP contribution is -2.55. The van der Waals surface area contributed by atoms with Gasteiger partial charge in [-0.15, -0.1) is 11.3 Å². The average molecular weight is 563 g/mol. The van der Waals surface area contributed by atoms with Crippen molar-refractivity contribution in [3.8, 4) is 0 Å². The van der Waals surface area contributed by atoms with Gasteiger partial charge in [-0.2, -0.15) is 4.72 Å². The average Bonchev–Trinajstić information content (AvgIpc) is 3.28. The van der Waals surface area contributed by atoms with Gasteiger partial charge in [-0.25, -0.2) is 8.42 Å². The lowest BCUT2D eigenvalue weighted by molar-refractivity contribution is -0.133. The fourth-order valence-corrected chi connectivity index (χ4v) is 7.40. The van der Waals surface area contributed by atoms with Crippen LogP contribution in [0.5, 0.6) is 0 Å². The summed E-state index contributed by atoms with van der Waals surface area (Å²) in [6, 6.07) is 18.2. The molecule has 0 aliphatic carbocycles. The van der Waals surface area contributed by atoms with Gasteiger partial charge in [0.2, 0.25) is 5.91 Å². The minimum atomic E-state index is -3.83. The third kappa shape index (κ3) is 5.71. The van der Waals surface area contributed by atoms with Crippen LogP contribution in [-0.4, -0.2) is 51.4 Å². The smallest absolute Gasteiger partial charge is 0.250 e. The van der Waals surface area contributed by atoms with Gasteiger partial charge in [0.15, 0.2) is 0 Å². The normalized spacial score (nSPS) is 15.4. The second-order valence-electron chi connectivity index (χ2n) is 8.45. The van der Waals surface area contributed by atoms with Gasteiger partial charge in [0.25, 0.3) is 10.0 Å². The van der Waals surface area contributed by atoms with E-state index in [1.165, 1.54) is 16.8 Å². The summed E-state index contributed by atoms with van der Waals surface area (Å²) in [4.78, 5) is 17.6. The first-order valence-electron chi connectivity index (χ1n) is 11.2. The molecule has 1 N–H and O–H groups in total. The molecule has 1 aromatic heterocycles. The predicted octanol–water partition coefficient (Wildman–Crippen LogP) is 4.37. The first kappa shape index (κ1) is 24.9. The van der Waals surface area contributed by atoms with E-state index in [0.717, 1.165) is 20.7 Å². The second-order valence-corrected chi connectivity index (χ2v) is 12.9. The van der Waals surface area contributed by atoms with Crippen LogP contribution in [0.15, 0.2) is 68.7 Å². The summed E-state index contributed by atoms with van der Waals surface area (Å²) >= 11 is 4.44. The van der Waals surface area contributed by atoms with Crippen molar-refractivity contribution >= 4 is 48.9 Å². The molecule has 0 spiro atoms. The van der Waals surface area contributed by atoms with Gasteiger partial charge in [0.1, 0.15) is 10.3 Å². The lowest BCUT2D eigenvalue weighted by Gasteiger charge is -2.38. The highest BCUT2D eigenvalue weighted by molar-refractivity contribution is 9.11. The molecule has 2 aromatic carbocycles. The zero-order chi connectivity index (χ0) is 24.3. The molecule has 6 nitrogen and oxygen atoms in total. The largest absolute Gasteiger partial charge is 0.368 e. The molecule has 34 heavy (non-hydrogen) atoms. The number of amides is 1. The number of nitrogens with one attached hydrogen (secondary N) is 1. The Hall–Kier alpha value is -2.20. The van der Waals surface area contributed by atoms with Crippen LogP contribution < -0.4 is 9.62 Å². The van der Waals surface area contributed by atoms with Crippen LogP contribution in [0.4, 0.5) is 5.69 Å². The van der Waals surface area contributed by atoms with E-state index in [-0.39, 0.29) is 10.1 Å². The number of anilines is 1. The summed E-state index contributed by atoms with van der Waals surface area (Å²) in [7, 11) is -3.83. The number of piperazine rings is 1. The molecule has 0 radical (unpaired) electrons. The van der Waals surface area contributed by atoms with Crippen LogP contribution in [0.25, 0.3) is 0 Å². The summed E-state index contributed by atoms with van der Waals surface area (Å²) in [6.07, 6.45) is 0.294. The molecule has 3 aromatic rings. The van der Waals surface area contributed by atoms with Crippen molar-refractivity contribution in [1.82, 2.24) is 9.62 Å². The number of rotatable bonds is 7. The lowest BCUT2D eigenvalue weighted by atomic mass is 10.0. The van der Waals surface area contributed by atoms with E-state index >= 15 is 0 Å². The highest BCUT2D eigenvalue weighted by Crippen LogP contribution is 2.27. The number of nitrogens with zero attached hydrogens (tertiary/aromatic N) is 2. The molecule has 1 atom stereocenters. The van der Waals surface area contributed by atoms with E-state index in [0.29, 0.717) is 32.6 Å². The number of hydrogen-bond acceptors (Lipinski definition) is 5.